The van der Waals surface area contributed by atoms with Crippen molar-refractivity contribution in [1.29, 1.82) is 0 Å². The van der Waals surface area contributed by atoms with Gasteiger partial charge < -0.3 is 24.2 Å². The second-order valence-corrected chi connectivity index (χ2v) is 7.81. The van der Waals surface area contributed by atoms with Crippen LogP contribution in [0.3, 0.4) is 0 Å². The summed E-state index contributed by atoms with van der Waals surface area (Å²) in [4.78, 5) is 25.2. The molecule has 1 N–H and O–H groups in total. The van der Waals surface area contributed by atoms with Crippen LogP contribution in [0.25, 0.3) is 11.1 Å². The molecule has 3 aromatic rings. The monoisotopic (exact) mass is 465 g/mol. The lowest BCUT2D eigenvalue weighted by Gasteiger charge is -2.30. The third-order valence-corrected chi connectivity index (χ3v) is 5.64. The van der Waals surface area contributed by atoms with Crippen molar-refractivity contribution in [2.45, 2.75) is 19.6 Å². The van der Waals surface area contributed by atoms with Gasteiger partial charge in [-0.05, 0) is 52.9 Å². The van der Waals surface area contributed by atoms with Gasteiger partial charge in [0.1, 0.15) is 23.9 Å². The second kappa shape index (κ2) is 10.2. The number of carboxylic acid groups (broad SMARTS) is 1. The van der Waals surface area contributed by atoms with Gasteiger partial charge in [-0.3, -0.25) is 0 Å². The zero-order chi connectivity index (χ0) is 24.1. The highest BCUT2D eigenvalue weighted by Gasteiger charge is 2.27. The molecule has 0 aliphatic carbocycles. The SMILES string of the molecule is COc1ccc(OCC(=O)O)cc1-c1ccc(F)c2c1CN(C(=O)OCc1ccccc1)CC2. The molecule has 176 valence electrons. The van der Waals surface area contributed by atoms with Gasteiger partial charge in [-0.1, -0.05) is 36.4 Å². The van der Waals surface area contributed by atoms with E-state index in [1.165, 1.54) is 13.2 Å². The molecule has 1 amide bonds. The Bertz CT molecular complexity index is 1200. The van der Waals surface area contributed by atoms with E-state index in [4.69, 9.17) is 19.3 Å². The van der Waals surface area contributed by atoms with Crippen LogP contribution in [0.1, 0.15) is 16.7 Å². The third kappa shape index (κ3) is 5.11. The van der Waals surface area contributed by atoms with Crippen molar-refractivity contribution in [2.24, 2.45) is 0 Å². The average molecular weight is 465 g/mol. The van der Waals surface area contributed by atoms with Gasteiger partial charge in [0, 0.05) is 18.7 Å². The minimum Gasteiger partial charge on any atom is -0.496 e. The lowest BCUT2D eigenvalue weighted by Crippen LogP contribution is -2.37. The molecule has 8 heteroatoms. The van der Waals surface area contributed by atoms with E-state index in [0.29, 0.717) is 46.7 Å². The number of methoxy groups -OCH3 is 1. The number of rotatable bonds is 7. The van der Waals surface area contributed by atoms with Gasteiger partial charge in [0.2, 0.25) is 0 Å². The average Bonchev–Trinajstić information content (AvgIpc) is 2.86. The molecule has 1 aliphatic heterocycles. The molecule has 0 aromatic heterocycles. The summed E-state index contributed by atoms with van der Waals surface area (Å²) in [7, 11) is 1.51. The molecule has 4 rings (SSSR count). The Morgan fingerprint density at radius 2 is 1.82 bits per heavy atom. The van der Waals surface area contributed by atoms with E-state index in [1.54, 1.807) is 29.2 Å². The Labute approximate surface area is 196 Å². The first kappa shape index (κ1) is 23.1. The maximum absolute atomic E-state index is 14.7. The van der Waals surface area contributed by atoms with Gasteiger partial charge in [0.25, 0.3) is 0 Å². The molecule has 0 fully saturated rings. The van der Waals surface area contributed by atoms with Crippen molar-refractivity contribution in [3.8, 4) is 22.6 Å². The summed E-state index contributed by atoms with van der Waals surface area (Å²) in [6, 6.07) is 17.3. The number of halogens is 1. The van der Waals surface area contributed by atoms with Crippen LogP contribution in [-0.2, 0) is 29.1 Å². The standard InChI is InChI=1S/C26H24FNO6/c1-32-24-10-7-18(33-16-25(29)30)13-21(24)19-8-9-23(27)20-11-12-28(14-22(19)20)26(31)34-15-17-5-3-2-4-6-17/h2-10,13H,11-12,14-16H2,1H3,(H,29,30). The predicted octanol–water partition coefficient (Wildman–Crippen LogP) is 4.66. The first-order valence-electron chi connectivity index (χ1n) is 10.7. The van der Waals surface area contributed by atoms with Crippen LogP contribution in [0.2, 0.25) is 0 Å². The number of fused-ring (bicyclic) bond motifs is 1. The number of ether oxygens (including phenoxy) is 3. The molecule has 34 heavy (non-hydrogen) atoms. The van der Waals surface area contributed by atoms with Crippen molar-refractivity contribution in [2.75, 3.05) is 20.3 Å². The molecule has 0 saturated carbocycles. The van der Waals surface area contributed by atoms with Crippen molar-refractivity contribution < 1.29 is 33.3 Å². The van der Waals surface area contributed by atoms with Gasteiger partial charge in [-0.2, -0.15) is 0 Å². The Balaban J connectivity index is 1.62. The highest BCUT2D eigenvalue weighted by atomic mass is 19.1. The topological polar surface area (TPSA) is 85.3 Å². The molecule has 0 saturated heterocycles. The van der Waals surface area contributed by atoms with Gasteiger partial charge >= 0.3 is 12.1 Å². The van der Waals surface area contributed by atoms with E-state index >= 15 is 0 Å². The van der Waals surface area contributed by atoms with Crippen LogP contribution in [0.15, 0.2) is 60.7 Å². The van der Waals surface area contributed by atoms with Gasteiger partial charge in [-0.25, -0.2) is 14.0 Å². The van der Waals surface area contributed by atoms with Crippen molar-refractivity contribution in [3.05, 3.63) is 83.2 Å². The Morgan fingerprint density at radius 1 is 1.03 bits per heavy atom. The zero-order valence-electron chi connectivity index (χ0n) is 18.6. The van der Waals surface area contributed by atoms with Crippen molar-refractivity contribution in [3.63, 3.8) is 0 Å². The summed E-state index contributed by atoms with van der Waals surface area (Å²) < 4.78 is 31.0. The second-order valence-electron chi connectivity index (χ2n) is 7.81. The Kier molecular flexibility index (Phi) is 6.96. The molecule has 0 atom stereocenters. The number of benzene rings is 3. The fourth-order valence-corrected chi connectivity index (χ4v) is 3.98. The van der Waals surface area contributed by atoms with Crippen LogP contribution in [0.5, 0.6) is 11.5 Å². The summed E-state index contributed by atoms with van der Waals surface area (Å²) in [5.41, 5.74) is 3.35. The Hall–Kier alpha value is -4.07. The summed E-state index contributed by atoms with van der Waals surface area (Å²) >= 11 is 0. The summed E-state index contributed by atoms with van der Waals surface area (Å²) in [5.74, 6) is -0.582. The number of hydrogen-bond donors (Lipinski definition) is 1. The quantitative estimate of drug-likeness (QED) is 0.546. The van der Waals surface area contributed by atoms with E-state index in [1.807, 2.05) is 30.3 Å². The maximum Gasteiger partial charge on any atom is 0.410 e. The first-order valence-corrected chi connectivity index (χ1v) is 10.7. The molecular weight excluding hydrogens is 441 g/mol. The molecule has 0 bridgehead atoms. The molecule has 0 radical (unpaired) electrons. The number of carboxylic acids is 1. The summed E-state index contributed by atoms with van der Waals surface area (Å²) in [6.45, 7) is 0.156. The van der Waals surface area contributed by atoms with E-state index in [0.717, 1.165) is 5.56 Å². The minimum atomic E-state index is -1.10. The van der Waals surface area contributed by atoms with Crippen molar-refractivity contribution >= 4 is 12.1 Å². The molecular formula is C26H24FNO6. The van der Waals surface area contributed by atoms with Crippen LogP contribution >= 0.6 is 0 Å². The number of aliphatic carboxylic acids is 1. The smallest absolute Gasteiger partial charge is 0.410 e. The summed E-state index contributed by atoms with van der Waals surface area (Å²) in [6.07, 6.45) is -0.136. The molecule has 7 nitrogen and oxygen atoms in total. The molecule has 0 unspecified atom stereocenters. The Morgan fingerprint density at radius 3 is 2.56 bits per heavy atom. The third-order valence-electron chi connectivity index (χ3n) is 5.64. The lowest BCUT2D eigenvalue weighted by molar-refractivity contribution is -0.139. The molecule has 3 aromatic carbocycles. The fraction of sp³-hybridized carbons (Fsp3) is 0.231. The summed E-state index contributed by atoms with van der Waals surface area (Å²) in [5, 5.41) is 8.91. The maximum atomic E-state index is 14.7. The van der Waals surface area contributed by atoms with E-state index in [2.05, 4.69) is 0 Å². The van der Waals surface area contributed by atoms with Crippen LogP contribution in [-0.4, -0.2) is 42.3 Å². The predicted molar refractivity (Wildman–Crippen MR) is 122 cm³/mol. The van der Waals surface area contributed by atoms with E-state index in [9.17, 15) is 14.0 Å². The fourth-order valence-electron chi connectivity index (χ4n) is 3.98. The lowest BCUT2D eigenvalue weighted by atomic mass is 9.90. The largest absolute Gasteiger partial charge is 0.496 e. The number of carbonyl (C=O) groups is 2. The van der Waals surface area contributed by atoms with Gasteiger partial charge in [0.15, 0.2) is 6.61 Å². The number of amides is 1. The van der Waals surface area contributed by atoms with Crippen LogP contribution in [0.4, 0.5) is 9.18 Å². The van der Waals surface area contributed by atoms with Crippen LogP contribution in [0, 0.1) is 5.82 Å². The number of hydrogen-bond acceptors (Lipinski definition) is 5. The van der Waals surface area contributed by atoms with E-state index < -0.39 is 18.7 Å². The minimum absolute atomic E-state index is 0.149. The van der Waals surface area contributed by atoms with Gasteiger partial charge in [0.05, 0.1) is 7.11 Å². The van der Waals surface area contributed by atoms with E-state index in [-0.39, 0.29) is 19.0 Å². The first-order chi connectivity index (χ1) is 16.5. The molecule has 0 spiro atoms. The van der Waals surface area contributed by atoms with Crippen LogP contribution < -0.4 is 9.47 Å². The van der Waals surface area contributed by atoms with Gasteiger partial charge in [-0.15, -0.1) is 0 Å². The molecule has 1 aliphatic rings. The zero-order valence-corrected chi connectivity index (χ0v) is 18.6. The number of nitrogens with zero attached hydrogens (tertiary/aromatic N) is 1. The normalized spacial score (nSPS) is 12.6. The van der Waals surface area contributed by atoms with Crippen molar-refractivity contribution in [1.82, 2.24) is 4.90 Å². The number of carbonyl (C=O) groups excluding carboxylic acids is 1. The highest BCUT2D eigenvalue weighted by molar-refractivity contribution is 5.77. The molecule has 1 heterocycles. The highest BCUT2D eigenvalue weighted by Crippen LogP contribution is 2.39.